The molecule has 1 aromatic heterocycles. The lowest BCUT2D eigenvalue weighted by Crippen LogP contribution is -1.96. The van der Waals surface area contributed by atoms with Crippen LogP contribution in [0.15, 0.2) is 71.2 Å². The summed E-state index contributed by atoms with van der Waals surface area (Å²) in [4.78, 5) is 4.76. The molecule has 0 spiro atoms. The summed E-state index contributed by atoms with van der Waals surface area (Å²) in [5, 5.41) is 5.85. The van der Waals surface area contributed by atoms with E-state index in [1.54, 1.807) is 0 Å². The van der Waals surface area contributed by atoms with Gasteiger partial charge in [-0.05, 0) is 52.7 Å². The summed E-state index contributed by atoms with van der Waals surface area (Å²) in [5.74, 6) is 0. The highest BCUT2D eigenvalue weighted by atomic mass is 79.9. The number of hydrogen-bond donors (Lipinski definition) is 1. The maximum absolute atomic E-state index is 4.76. The molecule has 0 aliphatic rings. The van der Waals surface area contributed by atoms with Crippen LogP contribution in [0.4, 0.5) is 11.4 Å². The Balaban J connectivity index is 1.99. The Hall–Kier alpha value is -2.39. The average molecular weight is 363 g/mol. The molecule has 0 aliphatic carbocycles. The van der Waals surface area contributed by atoms with Crippen LogP contribution in [-0.2, 0) is 0 Å². The summed E-state index contributed by atoms with van der Waals surface area (Å²) in [5.41, 5.74) is 5.37. The first-order valence-corrected chi connectivity index (χ1v) is 8.32. The van der Waals surface area contributed by atoms with E-state index in [4.69, 9.17) is 4.98 Å². The third-order valence-corrected chi connectivity index (χ3v) is 4.63. The van der Waals surface area contributed by atoms with Crippen LogP contribution >= 0.6 is 15.9 Å². The van der Waals surface area contributed by atoms with Gasteiger partial charge in [0.05, 0.1) is 22.4 Å². The Morgan fingerprint density at radius 2 is 1.43 bits per heavy atom. The van der Waals surface area contributed by atoms with Crippen LogP contribution in [0.1, 0.15) is 5.56 Å². The third kappa shape index (κ3) is 2.57. The molecule has 23 heavy (non-hydrogen) atoms. The van der Waals surface area contributed by atoms with Crippen LogP contribution in [0.3, 0.4) is 0 Å². The molecule has 0 atom stereocenters. The Bertz CT molecular complexity index is 970. The lowest BCUT2D eigenvalue weighted by molar-refractivity contribution is 1.43. The molecule has 0 bridgehead atoms. The zero-order valence-corrected chi connectivity index (χ0v) is 14.3. The molecular weight excluding hydrogens is 348 g/mol. The largest absolute Gasteiger partial charge is 0.353 e. The number of benzene rings is 3. The van der Waals surface area contributed by atoms with Gasteiger partial charge in [-0.2, -0.15) is 0 Å². The fourth-order valence-corrected chi connectivity index (χ4v) is 3.42. The van der Waals surface area contributed by atoms with Crippen LogP contribution in [0.5, 0.6) is 0 Å². The van der Waals surface area contributed by atoms with E-state index >= 15 is 0 Å². The fraction of sp³-hybridized carbons (Fsp3) is 0.0500. The van der Waals surface area contributed by atoms with Crippen molar-refractivity contribution in [2.75, 3.05) is 5.32 Å². The second-order valence-electron chi connectivity index (χ2n) is 5.63. The van der Waals surface area contributed by atoms with Gasteiger partial charge < -0.3 is 5.32 Å². The number of pyridine rings is 1. The van der Waals surface area contributed by atoms with Gasteiger partial charge in [0.25, 0.3) is 0 Å². The van der Waals surface area contributed by atoms with E-state index < -0.39 is 0 Å². The molecule has 0 saturated heterocycles. The molecule has 0 aliphatic heterocycles. The maximum Gasteiger partial charge on any atom is 0.0730 e. The number of nitrogens with one attached hydrogen (secondary N) is 1. The van der Waals surface area contributed by atoms with E-state index in [9.17, 15) is 0 Å². The normalized spacial score (nSPS) is 11.0. The molecule has 2 nitrogen and oxygen atoms in total. The molecule has 3 heteroatoms. The van der Waals surface area contributed by atoms with Crippen molar-refractivity contribution >= 4 is 49.1 Å². The summed E-state index contributed by atoms with van der Waals surface area (Å²) in [6.45, 7) is 2.09. The Morgan fingerprint density at radius 3 is 2.04 bits per heavy atom. The van der Waals surface area contributed by atoms with Crippen LogP contribution < -0.4 is 5.32 Å². The van der Waals surface area contributed by atoms with Gasteiger partial charge in [0, 0.05) is 15.2 Å². The molecule has 1 heterocycles. The highest BCUT2D eigenvalue weighted by Gasteiger charge is 2.10. The van der Waals surface area contributed by atoms with Crippen LogP contribution in [0.25, 0.3) is 21.8 Å². The molecule has 1 N–H and O–H groups in total. The standard InChI is InChI=1S/C20H15BrN2/c1-13-10-11-19(16(21)12-13)23-20-14-6-2-4-8-17(14)22-18-9-5-3-7-15(18)20/h2-12H,1H3,(H,22,23). The average Bonchev–Trinajstić information content (AvgIpc) is 2.56. The summed E-state index contributed by atoms with van der Waals surface area (Å²) in [6, 6.07) is 22.8. The van der Waals surface area contributed by atoms with E-state index in [2.05, 4.69) is 70.6 Å². The Labute approximate surface area is 143 Å². The first-order valence-electron chi connectivity index (χ1n) is 7.53. The van der Waals surface area contributed by atoms with E-state index in [1.807, 2.05) is 24.3 Å². The van der Waals surface area contributed by atoms with Crippen molar-refractivity contribution in [2.45, 2.75) is 6.92 Å². The predicted molar refractivity (Wildman–Crippen MR) is 101 cm³/mol. The summed E-state index contributed by atoms with van der Waals surface area (Å²) in [6.07, 6.45) is 0. The van der Waals surface area contributed by atoms with Crippen LogP contribution in [0.2, 0.25) is 0 Å². The van der Waals surface area contributed by atoms with Crippen molar-refractivity contribution in [3.8, 4) is 0 Å². The predicted octanol–water partition coefficient (Wildman–Crippen LogP) is 6.20. The number of anilines is 2. The van der Waals surface area contributed by atoms with Crippen molar-refractivity contribution in [3.63, 3.8) is 0 Å². The van der Waals surface area contributed by atoms with Gasteiger partial charge in [-0.3, -0.25) is 0 Å². The second kappa shape index (κ2) is 5.67. The Morgan fingerprint density at radius 1 is 0.826 bits per heavy atom. The molecule has 3 aromatic carbocycles. The Kier molecular flexibility index (Phi) is 3.50. The highest BCUT2D eigenvalue weighted by molar-refractivity contribution is 9.10. The number of halogens is 1. The lowest BCUT2D eigenvalue weighted by atomic mass is 10.1. The zero-order valence-electron chi connectivity index (χ0n) is 12.7. The van der Waals surface area contributed by atoms with Crippen LogP contribution in [0, 0.1) is 6.92 Å². The zero-order chi connectivity index (χ0) is 15.8. The SMILES string of the molecule is Cc1ccc(Nc2c3ccccc3nc3ccccc23)c(Br)c1. The third-order valence-electron chi connectivity index (χ3n) is 3.97. The number of hydrogen-bond acceptors (Lipinski definition) is 2. The molecule has 0 fully saturated rings. The number of para-hydroxylation sites is 2. The minimum Gasteiger partial charge on any atom is -0.353 e. The van der Waals surface area contributed by atoms with E-state index in [1.165, 1.54) is 5.56 Å². The van der Waals surface area contributed by atoms with Crippen molar-refractivity contribution in [3.05, 3.63) is 76.8 Å². The van der Waals surface area contributed by atoms with Crippen molar-refractivity contribution < 1.29 is 0 Å². The minimum atomic E-state index is 0.997. The van der Waals surface area contributed by atoms with Gasteiger partial charge in [0.1, 0.15) is 0 Å². The smallest absolute Gasteiger partial charge is 0.0730 e. The van der Waals surface area contributed by atoms with Gasteiger partial charge >= 0.3 is 0 Å². The molecule has 0 radical (unpaired) electrons. The molecule has 4 rings (SSSR count). The first kappa shape index (κ1) is 14.2. The quantitative estimate of drug-likeness (QED) is 0.429. The molecule has 4 aromatic rings. The number of aromatic nitrogens is 1. The van der Waals surface area contributed by atoms with E-state index in [-0.39, 0.29) is 0 Å². The van der Waals surface area contributed by atoms with E-state index in [0.717, 1.165) is 37.7 Å². The van der Waals surface area contributed by atoms with Crippen LogP contribution in [-0.4, -0.2) is 4.98 Å². The molecular formula is C20H15BrN2. The monoisotopic (exact) mass is 362 g/mol. The lowest BCUT2D eigenvalue weighted by Gasteiger charge is -2.14. The minimum absolute atomic E-state index is 0.997. The number of rotatable bonds is 2. The molecule has 112 valence electrons. The number of aryl methyl sites for hydroxylation is 1. The maximum atomic E-state index is 4.76. The molecule has 0 unspecified atom stereocenters. The van der Waals surface area contributed by atoms with Crippen molar-refractivity contribution in [2.24, 2.45) is 0 Å². The van der Waals surface area contributed by atoms with Crippen molar-refractivity contribution in [1.29, 1.82) is 0 Å². The summed E-state index contributed by atoms with van der Waals surface area (Å²) in [7, 11) is 0. The molecule has 0 amide bonds. The first-order chi connectivity index (χ1) is 11.2. The number of fused-ring (bicyclic) bond motifs is 2. The van der Waals surface area contributed by atoms with Gasteiger partial charge in [-0.15, -0.1) is 0 Å². The van der Waals surface area contributed by atoms with Gasteiger partial charge in [-0.25, -0.2) is 4.98 Å². The van der Waals surface area contributed by atoms with Gasteiger partial charge in [0.2, 0.25) is 0 Å². The molecule has 0 saturated carbocycles. The van der Waals surface area contributed by atoms with E-state index in [0.29, 0.717) is 0 Å². The highest BCUT2D eigenvalue weighted by Crippen LogP contribution is 2.35. The summed E-state index contributed by atoms with van der Waals surface area (Å²) < 4.78 is 1.06. The van der Waals surface area contributed by atoms with Gasteiger partial charge in [-0.1, -0.05) is 42.5 Å². The summed E-state index contributed by atoms with van der Waals surface area (Å²) >= 11 is 3.65. The van der Waals surface area contributed by atoms with Crippen molar-refractivity contribution in [1.82, 2.24) is 4.98 Å². The fourth-order valence-electron chi connectivity index (χ4n) is 2.83. The second-order valence-corrected chi connectivity index (χ2v) is 6.48. The number of nitrogens with zero attached hydrogens (tertiary/aromatic N) is 1. The topological polar surface area (TPSA) is 24.9 Å². The van der Waals surface area contributed by atoms with Gasteiger partial charge in [0.15, 0.2) is 0 Å².